The molecule has 2 aliphatic heterocycles. The number of aliphatic hydroxyl groups is 8. The zero-order chi connectivity index (χ0) is 58.1. The third-order valence-electron chi connectivity index (χ3n) is 16.6. The Morgan fingerprint density at radius 1 is 0.438 bits per heavy atom. The molecule has 1 amide bonds. The van der Waals surface area contributed by atoms with Gasteiger partial charge in [0.05, 0.1) is 32.0 Å². The topological polar surface area (TPSA) is 228 Å². The zero-order valence-electron chi connectivity index (χ0n) is 51.1. The highest BCUT2D eigenvalue weighted by atomic mass is 16.7. The molecule has 80 heavy (non-hydrogen) atoms. The van der Waals surface area contributed by atoms with E-state index in [-0.39, 0.29) is 18.9 Å². The second kappa shape index (κ2) is 51.9. The van der Waals surface area contributed by atoms with Gasteiger partial charge in [-0.1, -0.05) is 289 Å². The van der Waals surface area contributed by atoms with Gasteiger partial charge in [-0.3, -0.25) is 4.79 Å². The van der Waals surface area contributed by atoms with E-state index in [9.17, 15) is 45.6 Å². The van der Waals surface area contributed by atoms with Gasteiger partial charge in [0, 0.05) is 6.42 Å². The molecular weight excluding hydrogens is 1010 g/mol. The molecule has 0 aromatic rings. The molecule has 472 valence electrons. The fourth-order valence-corrected chi connectivity index (χ4v) is 11.2. The number of amides is 1. The van der Waals surface area contributed by atoms with E-state index >= 15 is 0 Å². The highest BCUT2D eigenvalue weighted by Gasteiger charge is 2.51. The van der Waals surface area contributed by atoms with Crippen molar-refractivity contribution >= 4 is 5.91 Å². The normalized spacial score (nSPS) is 24.3. The molecule has 2 heterocycles. The van der Waals surface area contributed by atoms with Gasteiger partial charge in [-0.15, -0.1) is 0 Å². The lowest BCUT2D eigenvalue weighted by atomic mass is 9.97. The smallest absolute Gasteiger partial charge is 0.220 e. The standard InChI is InChI=1S/C66H125NO13/c1-3-5-7-9-11-13-14-15-16-17-18-19-20-21-22-23-24-25-26-27-28-29-30-31-32-33-34-35-36-37-38-39-40-41-42-44-46-48-50-58(71)67-54(55(70)49-47-45-43-12-10-8-6-4-2)53-77-65-63(76)61(74)64(57(52-69)79-65)80-66-62(75)60(73)59(72)56(51-68)78-66/h10,12,47,49,54-57,59-66,68-70,72-76H,3-9,11,13-46,48,50-53H2,1-2H3,(H,67,71)/b12-10+,49-47+. The van der Waals surface area contributed by atoms with Crippen LogP contribution in [0, 0.1) is 0 Å². The molecular formula is C66H125NO13. The summed E-state index contributed by atoms with van der Waals surface area (Å²) >= 11 is 0. The summed E-state index contributed by atoms with van der Waals surface area (Å²) in [5.41, 5.74) is 0. The first-order chi connectivity index (χ1) is 39.1. The minimum Gasteiger partial charge on any atom is -0.394 e. The Kier molecular flexibility index (Phi) is 48.3. The van der Waals surface area contributed by atoms with Crippen molar-refractivity contribution in [2.45, 2.75) is 370 Å². The van der Waals surface area contributed by atoms with Gasteiger partial charge >= 0.3 is 0 Å². The van der Waals surface area contributed by atoms with E-state index < -0.39 is 86.8 Å². The maximum absolute atomic E-state index is 13.2. The van der Waals surface area contributed by atoms with Gasteiger partial charge < -0.3 is 65.1 Å². The molecule has 0 aliphatic carbocycles. The van der Waals surface area contributed by atoms with Crippen LogP contribution in [0.25, 0.3) is 0 Å². The predicted octanol–water partition coefficient (Wildman–Crippen LogP) is 12.8. The van der Waals surface area contributed by atoms with Crippen LogP contribution in [0.2, 0.25) is 0 Å². The van der Waals surface area contributed by atoms with E-state index in [1.807, 2.05) is 6.08 Å². The van der Waals surface area contributed by atoms with E-state index in [0.29, 0.717) is 12.8 Å². The lowest BCUT2D eigenvalue weighted by molar-refractivity contribution is -0.359. The van der Waals surface area contributed by atoms with E-state index in [2.05, 4.69) is 31.3 Å². The first kappa shape index (κ1) is 74.6. The first-order valence-electron chi connectivity index (χ1n) is 33.6. The van der Waals surface area contributed by atoms with Gasteiger partial charge in [0.25, 0.3) is 0 Å². The molecule has 14 nitrogen and oxygen atoms in total. The van der Waals surface area contributed by atoms with Crippen LogP contribution >= 0.6 is 0 Å². The second-order valence-corrected chi connectivity index (χ2v) is 24.0. The molecule has 0 radical (unpaired) electrons. The van der Waals surface area contributed by atoms with Crippen LogP contribution in [0.3, 0.4) is 0 Å². The number of hydrogen-bond acceptors (Lipinski definition) is 13. The number of carbonyl (C=O) groups excluding carboxylic acids is 1. The van der Waals surface area contributed by atoms with Gasteiger partial charge in [-0.2, -0.15) is 0 Å². The molecule has 2 fully saturated rings. The lowest BCUT2D eigenvalue weighted by Gasteiger charge is -2.46. The molecule has 0 bridgehead atoms. The van der Waals surface area contributed by atoms with Crippen LogP contribution in [-0.2, 0) is 23.7 Å². The van der Waals surface area contributed by atoms with Crippen molar-refractivity contribution in [3.8, 4) is 0 Å². The van der Waals surface area contributed by atoms with Crippen molar-refractivity contribution in [2.24, 2.45) is 0 Å². The third-order valence-corrected chi connectivity index (χ3v) is 16.6. The van der Waals surface area contributed by atoms with E-state index in [0.717, 1.165) is 44.9 Å². The number of rotatable bonds is 55. The van der Waals surface area contributed by atoms with Gasteiger partial charge in [0.15, 0.2) is 12.6 Å². The highest BCUT2D eigenvalue weighted by Crippen LogP contribution is 2.30. The van der Waals surface area contributed by atoms with E-state index in [1.165, 1.54) is 218 Å². The van der Waals surface area contributed by atoms with Crippen LogP contribution < -0.4 is 5.32 Å². The minimum absolute atomic E-state index is 0.247. The lowest BCUT2D eigenvalue weighted by Crippen LogP contribution is -2.65. The van der Waals surface area contributed by atoms with Crippen molar-refractivity contribution in [1.82, 2.24) is 5.32 Å². The third kappa shape index (κ3) is 36.3. The number of hydrogen-bond donors (Lipinski definition) is 9. The van der Waals surface area contributed by atoms with Crippen LogP contribution in [0.5, 0.6) is 0 Å². The summed E-state index contributed by atoms with van der Waals surface area (Å²) in [4.78, 5) is 13.2. The maximum Gasteiger partial charge on any atom is 0.220 e. The Labute approximate surface area is 488 Å². The summed E-state index contributed by atoms with van der Waals surface area (Å²) < 4.78 is 22.7. The number of aliphatic hydroxyl groups excluding tert-OH is 8. The Hall–Kier alpha value is -1.53. The minimum atomic E-state index is -1.79. The molecule has 0 saturated carbocycles. The molecule has 9 N–H and O–H groups in total. The number of ether oxygens (including phenoxy) is 4. The molecule has 0 aromatic carbocycles. The zero-order valence-corrected chi connectivity index (χ0v) is 51.1. The van der Waals surface area contributed by atoms with Crippen LogP contribution in [0.15, 0.2) is 24.3 Å². The van der Waals surface area contributed by atoms with Crippen molar-refractivity contribution in [3.05, 3.63) is 24.3 Å². The van der Waals surface area contributed by atoms with Gasteiger partial charge in [0.2, 0.25) is 5.91 Å². The van der Waals surface area contributed by atoms with Crippen LogP contribution in [-0.4, -0.2) is 140 Å². The summed E-state index contributed by atoms with van der Waals surface area (Å²) in [6.45, 7) is 2.72. The Balaban J connectivity index is 1.50. The quantitative estimate of drug-likeness (QED) is 0.0204. The largest absolute Gasteiger partial charge is 0.394 e. The van der Waals surface area contributed by atoms with Crippen molar-refractivity contribution in [1.29, 1.82) is 0 Å². The van der Waals surface area contributed by atoms with Crippen LogP contribution in [0.4, 0.5) is 0 Å². The molecule has 14 heteroatoms. The monoisotopic (exact) mass is 1140 g/mol. The van der Waals surface area contributed by atoms with Gasteiger partial charge in [0.1, 0.15) is 48.8 Å². The van der Waals surface area contributed by atoms with Gasteiger partial charge in [-0.25, -0.2) is 0 Å². The predicted molar refractivity (Wildman–Crippen MR) is 323 cm³/mol. The summed E-state index contributed by atoms with van der Waals surface area (Å²) in [5, 5.41) is 86.7. The maximum atomic E-state index is 13.2. The molecule has 0 aromatic heterocycles. The van der Waals surface area contributed by atoms with Gasteiger partial charge in [-0.05, 0) is 25.7 Å². The van der Waals surface area contributed by atoms with Crippen molar-refractivity contribution in [2.75, 3.05) is 19.8 Å². The highest BCUT2D eigenvalue weighted by molar-refractivity contribution is 5.76. The fraction of sp³-hybridized carbons (Fsp3) is 0.924. The molecule has 2 saturated heterocycles. The number of allylic oxidation sites excluding steroid dienone is 3. The molecule has 12 unspecified atom stereocenters. The summed E-state index contributed by atoms with van der Waals surface area (Å²) in [7, 11) is 0. The van der Waals surface area contributed by atoms with Crippen molar-refractivity contribution < 1.29 is 64.6 Å². The Morgan fingerprint density at radius 3 is 1.21 bits per heavy atom. The van der Waals surface area contributed by atoms with Crippen molar-refractivity contribution in [3.63, 3.8) is 0 Å². The second-order valence-electron chi connectivity index (χ2n) is 24.0. The summed E-state index contributed by atoms with van der Waals surface area (Å²) in [6.07, 6.45) is 47.5. The SMILES string of the molecule is CCCC/C=C/CC/C=C/C(O)C(COC1OC(CO)C(OC2OC(CO)C(O)C(O)C2O)C(O)C1O)NC(=O)CCCCCCCCCCCCCCCCCCCCCCCCCCCCCCCCCCCCCCCC. The Morgan fingerprint density at radius 2 is 0.800 bits per heavy atom. The summed E-state index contributed by atoms with van der Waals surface area (Å²) in [6, 6.07) is -0.926. The van der Waals surface area contributed by atoms with E-state index in [1.54, 1.807) is 6.08 Å². The first-order valence-corrected chi connectivity index (χ1v) is 33.6. The van der Waals surface area contributed by atoms with Crippen LogP contribution in [0.1, 0.15) is 296 Å². The average molecular weight is 1140 g/mol. The Bertz CT molecular complexity index is 1440. The number of nitrogens with one attached hydrogen (secondary N) is 1. The molecule has 12 atom stereocenters. The number of carbonyl (C=O) groups is 1. The number of unbranched alkanes of at least 4 members (excludes halogenated alkanes) is 40. The average Bonchev–Trinajstić information content (AvgIpc) is 3.49. The van der Waals surface area contributed by atoms with E-state index in [4.69, 9.17) is 18.9 Å². The summed E-state index contributed by atoms with van der Waals surface area (Å²) in [5.74, 6) is -0.247. The molecule has 0 spiro atoms. The molecule has 2 rings (SSSR count). The fourth-order valence-electron chi connectivity index (χ4n) is 11.2. The molecule has 2 aliphatic rings.